The molecule has 1 aromatic rings. The van der Waals surface area contributed by atoms with Gasteiger partial charge in [-0.3, -0.25) is 43.4 Å². The third-order valence-corrected chi connectivity index (χ3v) is 8.47. The van der Waals surface area contributed by atoms with Gasteiger partial charge in [0.05, 0.1) is 24.0 Å². The molecule has 1 unspecified atom stereocenters. The van der Waals surface area contributed by atoms with E-state index in [0.717, 1.165) is 47.1 Å². The Morgan fingerprint density at radius 3 is 2.26 bits per heavy atom. The van der Waals surface area contributed by atoms with Crippen LogP contribution in [0.25, 0.3) is 0 Å². The number of ketones is 1. The number of amides is 7. The maximum atomic E-state index is 12.6. The number of rotatable bonds is 20. The van der Waals surface area contributed by atoms with E-state index in [9.17, 15) is 38.4 Å². The van der Waals surface area contributed by atoms with Crippen molar-refractivity contribution in [2.45, 2.75) is 63.7 Å². The summed E-state index contributed by atoms with van der Waals surface area (Å²) in [4.78, 5) is 97.9. The van der Waals surface area contributed by atoms with Gasteiger partial charge in [0.1, 0.15) is 18.9 Å². The van der Waals surface area contributed by atoms with Crippen LogP contribution in [0.15, 0.2) is 24.3 Å². The molecule has 0 aromatic heterocycles. The molecule has 0 aliphatic carbocycles. The summed E-state index contributed by atoms with van der Waals surface area (Å²) in [5.74, 6) is -2.38. The lowest BCUT2D eigenvalue weighted by Crippen LogP contribution is -2.48. The van der Waals surface area contributed by atoms with Crippen molar-refractivity contribution in [3.05, 3.63) is 35.4 Å². The normalized spacial score (nSPS) is 15.8. The Bertz CT molecular complexity index is 1300. The molecule has 15 heteroatoms. The molecule has 2 fully saturated rings. The lowest BCUT2D eigenvalue weighted by Gasteiger charge is -2.28. The predicted octanol–water partition coefficient (Wildman–Crippen LogP) is -0.137. The average molecular weight is 660 g/mol. The average Bonchev–Trinajstić information content (AvgIpc) is 3.27. The van der Waals surface area contributed by atoms with Crippen LogP contribution >= 0.6 is 11.8 Å². The number of carbonyl (C=O) groups excluding carboxylic acids is 8. The quantitative estimate of drug-likeness (QED) is 0.0966. The van der Waals surface area contributed by atoms with Gasteiger partial charge >= 0.3 is 0 Å². The van der Waals surface area contributed by atoms with Crippen LogP contribution in [-0.4, -0.2) is 107 Å². The minimum atomic E-state index is -0.729. The van der Waals surface area contributed by atoms with Gasteiger partial charge in [-0.25, -0.2) is 0 Å². The van der Waals surface area contributed by atoms with Crippen molar-refractivity contribution < 1.29 is 43.1 Å². The molecule has 0 spiro atoms. The fourth-order valence-electron chi connectivity index (χ4n) is 4.58. The molecule has 0 saturated carbocycles. The lowest BCUT2D eigenvalue weighted by atomic mass is 10.1. The monoisotopic (exact) mass is 659 g/mol. The van der Waals surface area contributed by atoms with E-state index in [1.807, 2.05) is 0 Å². The number of hydrogen-bond acceptors (Lipinski definition) is 10. The molecule has 3 rings (SSSR count). The van der Waals surface area contributed by atoms with E-state index in [2.05, 4.69) is 16.0 Å². The second kappa shape index (κ2) is 18.8. The summed E-state index contributed by atoms with van der Waals surface area (Å²) in [6.45, 7) is 2.16. The van der Waals surface area contributed by atoms with E-state index < -0.39 is 29.5 Å². The van der Waals surface area contributed by atoms with Gasteiger partial charge < -0.3 is 25.5 Å². The van der Waals surface area contributed by atoms with E-state index in [1.165, 1.54) is 4.90 Å². The van der Waals surface area contributed by atoms with Gasteiger partial charge in [-0.15, -0.1) is 11.8 Å². The largest absolute Gasteiger partial charge is 0.370 e. The number of Topliss-reactive ketones (excluding diaryl/α,β-unsaturated/α-hetero) is 1. The van der Waals surface area contributed by atoms with Crippen LogP contribution in [0.3, 0.4) is 0 Å². The Hall–Kier alpha value is -4.11. The number of ether oxygens (including phenoxy) is 1. The van der Waals surface area contributed by atoms with Gasteiger partial charge in [-0.2, -0.15) is 0 Å². The standard InChI is InChI=1S/C31H41N5O9S/c1-21(37)5-3-2-4-11-32-27(40)20-46-24-16-30(43)36(31(24)44)18-25(38)33-12-14-45-19-26(39)34-17-23-8-6-22(7-9-23)15-29(42)35-13-10-28(35)41/h6-9,24H,2-5,10-20H2,1H3,(H,32,40)(H,33,38)(H,34,39). The smallest absolute Gasteiger partial charge is 0.246 e. The topological polar surface area (TPSA) is 188 Å². The van der Waals surface area contributed by atoms with Crippen LogP contribution in [0.2, 0.25) is 0 Å². The highest BCUT2D eigenvalue weighted by Gasteiger charge is 2.40. The van der Waals surface area contributed by atoms with E-state index >= 15 is 0 Å². The first-order valence-electron chi connectivity index (χ1n) is 15.3. The number of carbonyl (C=O) groups is 8. The van der Waals surface area contributed by atoms with Gasteiger partial charge in [0.15, 0.2) is 0 Å². The summed E-state index contributed by atoms with van der Waals surface area (Å²) in [6.07, 6.45) is 3.34. The van der Waals surface area contributed by atoms with Crippen molar-refractivity contribution in [1.82, 2.24) is 25.8 Å². The number of thioether (sulfide) groups is 1. The second-order valence-electron chi connectivity index (χ2n) is 11.0. The molecule has 7 amide bonds. The Kier molecular flexibility index (Phi) is 14.8. The highest BCUT2D eigenvalue weighted by Crippen LogP contribution is 2.25. The van der Waals surface area contributed by atoms with Gasteiger partial charge in [0.2, 0.25) is 41.4 Å². The van der Waals surface area contributed by atoms with Crippen LogP contribution in [0.1, 0.15) is 56.6 Å². The van der Waals surface area contributed by atoms with E-state index in [0.29, 0.717) is 25.9 Å². The van der Waals surface area contributed by atoms with Crippen molar-refractivity contribution in [3.8, 4) is 0 Å². The van der Waals surface area contributed by atoms with Crippen molar-refractivity contribution in [3.63, 3.8) is 0 Å². The zero-order chi connectivity index (χ0) is 33.5. The summed E-state index contributed by atoms with van der Waals surface area (Å²) in [5, 5.41) is 7.29. The second-order valence-corrected chi connectivity index (χ2v) is 12.2. The first-order chi connectivity index (χ1) is 22.0. The molecule has 2 heterocycles. The summed E-state index contributed by atoms with van der Waals surface area (Å²) >= 11 is 1.06. The Balaban J connectivity index is 1.22. The molecule has 2 saturated heterocycles. The summed E-state index contributed by atoms with van der Waals surface area (Å²) in [5.41, 5.74) is 1.59. The SMILES string of the molecule is CC(=O)CCCCCNC(=O)CSC1CC(=O)N(CC(=O)NCCOCC(=O)NCc2ccc(CC(=O)N3CCC3=O)cc2)C1=O. The van der Waals surface area contributed by atoms with Gasteiger partial charge in [-0.05, 0) is 30.9 Å². The van der Waals surface area contributed by atoms with Crippen LogP contribution < -0.4 is 16.0 Å². The molecule has 1 atom stereocenters. The zero-order valence-electron chi connectivity index (χ0n) is 26.0. The molecule has 1 aromatic carbocycles. The van der Waals surface area contributed by atoms with Crippen molar-refractivity contribution in [2.75, 3.05) is 45.1 Å². The first kappa shape index (κ1) is 36.4. The first-order valence-corrected chi connectivity index (χ1v) is 16.3. The fraction of sp³-hybridized carbons (Fsp3) is 0.548. The van der Waals surface area contributed by atoms with E-state index in [1.54, 1.807) is 31.2 Å². The number of nitrogens with zero attached hydrogens (tertiary/aromatic N) is 2. The third kappa shape index (κ3) is 12.4. The number of hydrogen-bond donors (Lipinski definition) is 3. The number of benzene rings is 1. The Labute approximate surface area is 271 Å². The maximum Gasteiger partial charge on any atom is 0.246 e. The summed E-state index contributed by atoms with van der Waals surface area (Å²) in [7, 11) is 0. The Morgan fingerprint density at radius 2 is 1.59 bits per heavy atom. The maximum absolute atomic E-state index is 12.6. The Morgan fingerprint density at radius 1 is 0.870 bits per heavy atom. The van der Waals surface area contributed by atoms with E-state index in [4.69, 9.17) is 4.74 Å². The fourth-order valence-corrected chi connectivity index (χ4v) is 5.57. The third-order valence-electron chi connectivity index (χ3n) is 7.27. The highest BCUT2D eigenvalue weighted by molar-refractivity contribution is 8.01. The van der Waals surface area contributed by atoms with Crippen molar-refractivity contribution in [1.29, 1.82) is 0 Å². The van der Waals surface area contributed by atoms with Crippen LogP contribution in [0.5, 0.6) is 0 Å². The van der Waals surface area contributed by atoms with Crippen LogP contribution in [0.4, 0.5) is 0 Å². The molecule has 0 radical (unpaired) electrons. The minimum Gasteiger partial charge on any atom is -0.370 e. The summed E-state index contributed by atoms with van der Waals surface area (Å²) < 4.78 is 5.29. The highest BCUT2D eigenvalue weighted by atomic mass is 32.2. The number of likely N-dealkylation sites (tertiary alicyclic amines) is 2. The lowest BCUT2D eigenvalue weighted by molar-refractivity contribution is -0.152. The number of nitrogens with one attached hydrogen (secondary N) is 3. The van der Waals surface area contributed by atoms with Crippen molar-refractivity contribution >= 4 is 58.9 Å². The summed E-state index contributed by atoms with van der Waals surface area (Å²) in [6, 6.07) is 7.12. The van der Waals surface area contributed by atoms with Gasteiger partial charge in [0.25, 0.3) is 0 Å². The van der Waals surface area contributed by atoms with Gasteiger partial charge in [0, 0.05) is 45.4 Å². The minimum absolute atomic E-state index is 0.0134. The van der Waals surface area contributed by atoms with Crippen LogP contribution in [0, 0.1) is 0 Å². The molecule has 2 aliphatic heterocycles. The molecule has 0 bridgehead atoms. The molecule has 46 heavy (non-hydrogen) atoms. The molecule has 2 aliphatic rings. The zero-order valence-corrected chi connectivity index (χ0v) is 26.8. The molecule has 14 nitrogen and oxygen atoms in total. The molecular weight excluding hydrogens is 618 g/mol. The number of imide groups is 2. The predicted molar refractivity (Wildman–Crippen MR) is 167 cm³/mol. The number of β-lactam (4-membered cyclic amide) rings is 1. The van der Waals surface area contributed by atoms with Gasteiger partial charge in [-0.1, -0.05) is 30.7 Å². The molecular formula is C31H41N5O9S. The number of unbranched alkanes of at least 4 members (excludes halogenated alkanes) is 2. The molecule has 3 N–H and O–H groups in total. The van der Waals surface area contributed by atoms with E-state index in [-0.39, 0.29) is 74.3 Å². The van der Waals surface area contributed by atoms with Crippen molar-refractivity contribution in [2.24, 2.45) is 0 Å². The molecule has 250 valence electrons. The van der Waals surface area contributed by atoms with Crippen LogP contribution in [-0.2, 0) is 56.1 Å².